The molecule has 0 aliphatic rings. The highest BCUT2D eigenvalue weighted by atomic mass is 16.6. The molecule has 0 amide bonds. The van der Waals surface area contributed by atoms with Crippen molar-refractivity contribution in [2.75, 3.05) is 5.32 Å². The molecule has 0 saturated heterocycles. The first-order valence-electron chi connectivity index (χ1n) is 7.15. The van der Waals surface area contributed by atoms with Gasteiger partial charge < -0.3 is 10.4 Å². The molecule has 2 aromatic heterocycles. The van der Waals surface area contributed by atoms with Crippen molar-refractivity contribution in [2.45, 2.75) is 6.92 Å². The highest BCUT2D eigenvalue weighted by Crippen LogP contribution is 2.22. The standard InChI is InChI=1S/C16H12N4O5/c1-9-4-3-7-19-14(9)18-13(12(15(19)21)16(22)23)17-10-5-2-6-11(8-10)20(24)25/h2-8,17H,1H3,(H,22,23). The van der Waals surface area contributed by atoms with Crippen LogP contribution in [0.3, 0.4) is 0 Å². The second-order valence-corrected chi connectivity index (χ2v) is 5.26. The Hall–Kier alpha value is -3.75. The van der Waals surface area contributed by atoms with Gasteiger partial charge in [-0.3, -0.25) is 19.3 Å². The van der Waals surface area contributed by atoms with Crippen molar-refractivity contribution in [3.8, 4) is 0 Å². The normalized spacial score (nSPS) is 10.6. The van der Waals surface area contributed by atoms with Crippen LogP contribution in [0.5, 0.6) is 0 Å². The van der Waals surface area contributed by atoms with Crippen LogP contribution in [0, 0.1) is 17.0 Å². The number of non-ortho nitro benzene ring substituents is 1. The fraction of sp³-hybridized carbons (Fsp3) is 0.0625. The molecule has 1 aromatic carbocycles. The van der Waals surface area contributed by atoms with Gasteiger partial charge >= 0.3 is 5.97 Å². The maximum atomic E-state index is 12.5. The molecule has 3 aromatic rings. The second kappa shape index (κ2) is 6.04. The van der Waals surface area contributed by atoms with Crippen LogP contribution in [-0.4, -0.2) is 25.4 Å². The summed E-state index contributed by atoms with van der Waals surface area (Å²) in [6.45, 7) is 1.74. The van der Waals surface area contributed by atoms with Gasteiger partial charge in [-0.05, 0) is 24.6 Å². The van der Waals surface area contributed by atoms with E-state index in [1.54, 1.807) is 19.1 Å². The number of nitro benzene ring substituents is 1. The molecule has 2 heterocycles. The number of fused-ring (bicyclic) bond motifs is 1. The third kappa shape index (κ3) is 2.90. The van der Waals surface area contributed by atoms with Gasteiger partial charge in [-0.1, -0.05) is 12.1 Å². The summed E-state index contributed by atoms with van der Waals surface area (Å²) in [5.41, 5.74) is -0.232. The van der Waals surface area contributed by atoms with E-state index >= 15 is 0 Å². The van der Waals surface area contributed by atoms with Crippen LogP contribution in [0.2, 0.25) is 0 Å². The van der Waals surface area contributed by atoms with Gasteiger partial charge in [0, 0.05) is 24.0 Å². The van der Waals surface area contributed by atoms with Gasteiger partial charge in [-0.15, -0.1) is 0 Å². The summed E-state index contributed by atoms with van der Waals surface area (Å²) in [5.74, 6) is -1.62. The lowest BCUT2D eigenvalue weighted by atomic mass is 10.2. The fourth-order valence-electron chi connectivity index (χ4n) is 2.42. The molecule has 126 valence electrons. The zero-order valence-electron chi connectivity index (χ0n) is 13.0. The first kappa shape index (κ1) is 16.1. The van der Waals surface area contributed by atoms with E-state index in [0.29, 0.717) is 11.2 Å². The number of aromatic carboxylic acids is 1. The number of hydrogen-bond acceptors (Lipinski definition) is 6. The fourth-order valence-corrected chi connectivity index (χ4v) is 2.42. The number of nitro groups is 1. The number of carboxylic acid groups (broad SMARTS) is 1. The number of anilines is 2. The molecular weight excluding hydrogens is 328 g/mol. The molecule has 0 atom stereocenters. The minimum absolute atomic E-state index is 0.171. The minimum atomic E-state index is -1.44. The molecular formula is C16H12N4O5. The first-order valence-corrected chi connectivity index (χ1v) is 7.15. The summed E-state index contributed by atoms with van der Waals surface area (Å²) in [5, 5.41) is 23.0. The molecule has 3 rings (SSSR count). The zero-order valence-corrected chi connectivity index (χ0v) is 13.0. The van der Waals surface area contributed by atoms with Crippen molar-refractivity contribution < 1.29 is 14.8 Å². The topological polar surface area (TPSA) is 127 Å². The van der Waals surface area contributed by atoms with Gasteiger partial charge in [0.15, 0.2) is 11.4 Å². The van der Waals surface area contributed by atoms with E-state index in [1.807, 2.05) is 0 Å². The Morgan fingerprint density at radius 1 is 1.32 bits per heavy atom. The number of nitrogens with zero attached hydrogens (tertiary/aromatic N) is 3. The van der Waals surface area contributed by atoms with Crippen LogP contribution in [0.15, 0.2) is 47.4 Å². The average Bonchev–Trinajstić information content (AvgIpc) is 2.56. The van der Waals surface area contributed by atoms with Crippen molar-refractivity contribution in [3.05, 3.63) is 74.2 Å². The number of carbonyl (C=O) groups is 1. The summed E-state index contributed by atoms with van der Waals surface area (Å²) >= 11 is 0. The molecule has 0 fully saturated rings. The largest absolute Gasteiger partial charge is 0.477 e. The lowest BCUT2D eigenvalue weighted by molar-refractivity contribution is -0.384. The number of aryl methyl sites for hydroxylation is 1. The van der Waals surface area contributed by atoms with Crippen molar-refractivity contribution in [2.24, 2.45) is 0 Å². The van der Waals surface area contributed by atoms with Gasteiger partial charge in [0.1, 0.15) is 5.65 Å². The van der Waals surface area contributed by atoms with E-state index in [0.717, 1.165) is 4.40 Å². The van der Waals surface area contributed by atoms with Crippen molar-refractivity contribution in [1.82, 2.24) is 9.38 Å². The van der Waals surface area contributed by atoms with Crippen molar-refractivity contribution in [3.63, 3.8) is 0 Å². The Kier molecular flexibility index (Phi) is 3.89. The lowest BCUT2D eigenvalue weighted by Crippen LogP contribution is -2.25. The third-order valence-electron chi connectivity index (χ3n) is 3.58. The molecule has 0 bridgehead atoms. The third-order valence-corrected chi connectivity index (χ3v) is 3.58. The number of aromatic nitrogens is 2. The highest BCUT2D eigenvalue weighted by molar-refractivity contribution is 5.94. The van der Waals surface area contributed by atoms with Gasteiger partial charge in [-0.25, -0.2) is 9.78 Å². The van der Waals surface area contributed by atoms with E-state index in [4.69, 9.17) is 0 Å². The van der Waals surface area contributed by atoms with E-state index in [-0.39, 0.29) is 17.2 Å². The number of rotatable bonds is 4. The second-order valence-electron chi connectivity index (χ2n) is 5.26. The van der Waals surface area contributed by atoms with Crippen LogP contribution < -0.4 is 10.9 Å². The molecule has 0 spiro atoms. The summed E-state index contributed by atoms with van der Waals surface area (Å²) in [6, 6.07) is 8.84. The van der Waals surface area contributed by atoms with Crippen LogP contribution in [0.1, 0.15) is 15.9 Å². The minimum Gasteiger partial charge on any atom is -0.477 e. The SMILES string of the molecule is Cc1cccn2c(=O)c(C(=O)O)c(Nc3cccc([N+](=O)[O-])c3)nc12. The van der Waals surface area contributed by atoms with Gasteiger partial charge in [-0.2, -0.15) is 0 Å². The number of pyridine rings is 1. The maximum absolute atomic E-state index is 12.5. The summed E-state index contributed by atoms with van der Waals surface area (Å²) in [7, 11) is 0. The van der Waals surface area contributed by atoms with Crippen LogP contribution in [-0.2, 0) is 0 Å². The van der Waals surface area contributed by atoms with E-state index in [2.05, 4.69) is 10.3 Å². The summed E-state index contributed by atoms with van der Waals surface area (Å²) < 4.78 is 1.15. The Bertz CT molecular complexity index is 1070. The predicted octanol–water partition coefficient (Wildman–Crippen LogP) is 2.35. The molecule has 0 aliphatic heterocycles. The molecule has 0 aliphatic carbocycles. The molecule has 0 unspecified atom stereocenters. The van der Waals surface area contributed by atoms with Gasteiger partial charge in [0.2, 0.25) is 0 Å². The van der Waals surface area contributed by atoms with Crippen LogP contribution >= 0.6 is 0 Å². The Morgan fingerprint density at radius 3 is 2.76 bits per heavy atom. The molecule has 0 saturated carbocycles. The van der Waals surface area contributed by atoms with Crippen molar-refractivity contribution >= 4 is 28.8 Å². The predicted molar refractivity (Wildman–Crippen MR) is 89.5 cm³/mol. The Labute approximate surface area is 140 Å². The lowest BCUT2D eigenvalue weighted by Gasteiger charge is -2.11. The maximum Gasteiger partial charge on any atom is 0.345 e. The van der Waals surface area contributed by atoms with E-state index in [1.165, 1.54) is 30.5 Å². The molecule has 9 heteroatoms. The molecule has 25 heavy (non-hydrogen) atoms. The molecule has 0 radical (unpaired) electrons. The monoisotopic (exact) mass is 340 g/mol. The summed E-state index contributed by atoms with van der Waals surface area (Å²) in [4.78, 5) is 38.6. The molecule has 2 N–H and O–H groups in total. The van der Waals surface area contributed by atoms with Gasteiger partial charge in [0.05, 0.1) is 4.92 Å². The molecule has 9 nitrogen and oxygen atoms in total. The van der Waals surface area contributed by atoms with E-state index < -0.39 is 22.0 Å². The van der Waals surface area contributed by atoms with Crippen molar-refractivity contribution in [1.29, 1.82) is 0 Å². The Balaban J connectivity index is 2.21. The average molecular weight is 340 g/mol. The summed E-state index contributed by atoms with van der Waals surface area (Å²) in [6.07, 6.45) is 1.43. The Morgan fingerprint density at radius 2 is 2.08 bits per heavy atom. The smallest absolute Gasteiger partial charge is 0.345 e. The first-order chi connectivity index (χ1) is 11.9. The van der Waals surface area contributed by atoms with Gasteiger partial charge in [0.25, 0.3) is 11.2 Å². The van der Waals surface area contributed by atoms with E-state index in [9.17, 15) is 24.8 Å². The number of benzene rings is 1. The van der Waals surface area contributed by atoms with Crippen LogP contribution in [0.4, 0.5) is 17.2 Å². The highest BCUT2D eigenvalue weighted by Gasteiger charge is 2.20. The zero-order chi connectivity index (χ0) is 18.1. The quantitative estimate of drug-likeness (QED) is 0.551. The number of nitrogens with one attached hydrogen (secondary N) is 1. The number of hydrogen-bond donors (Lipinski definition) is 2. The number of carboxylic acids is 1. The van der Waals surface area contributed by atoms with Crippen LogP contribution in [0.25, 0.3) is 5.65 Å².